The zero-order valence-corrected chi connectivity index (χ0v) is 11.1. The topological polar surface area (TPSA) is 58.6 Å². The van der Waals surface area contributed by atoms with Gasteiger partial charge in [0, 0.05) is 17.5 Å². The van der Waals surface area contributed by atoms with E-state index >= 15 is 0 Å². The van der Waals surface area contributed by atoms with Crippen molar-refractivity contribution < 1.29 is 0 Å². The summed E-state index contributed by atoms with van der Waals surface area (Å²) in [4.78, 5) is 23.5. The standard InChI is InChI=1S/C14H17N3O/c1-8(2)12-10(4)16-13(17-14(12)18)11-6-5-9(3)7-15-11/h5-8H,1-4H3,(H,16,17,18). The zero-order chi connectivity index (χ0) is 13.3. The number of pyridine rings is 1. The van der Waals surface area contributed by atoms with Gasteiger partial charge >= 0.3 is 0 Å². The first-order valence-electron chi connectivity index (χ1n) is 6.03. The van der Waals surface area contributed by atoms with E-state index in [1.807, 2.05) is 39.8 Å². The first-order valence-corrected chi connectivity index (χ1v) is 6.03. The first-order chi connectivity index (χ1) is 8.49. The van der Waals surface area contributed by atoms with E-state index in [0.717, 1.165) is 16.8 Å². The Labute approximate surface area is 106 Å². The summed E-state index contributed by atoms with van der Waals surface area (Å²) < 4.78 is 0. The van der Waals surface area contributed by atoms with Gasteiger partial charge in [-0.3, -0.25) is 9.78 Å². The lowest BCUT2D eigenvalue weighted by Gasteiger charge is -2.09. The highest BCUT2D eigenvalue weighted by Crippen LogP contribution is 2.16. The van der Waals surface area contributed by atoms with Crippen LogP contribution >= 0.6 is 0 Å². The Kier molecular flexibility index (Phi) is 3.28. The van der Waals surface area contributed by atoms with Gasteiger partial charge in [0.15, 0.2) is 5.82 Å². The first kappa shape index (κ1) is 12.5. The smallest absolute Gasteiger partial charge is 0.254 e. The second kappa shape index (κ2) is 4.72. The van der Waals surface area contributed by atoms with Crippen molar-refractivity contribution in [2.45, 2.75) is 33.6 Å². The highest BCUT2D eigenvalue weighted by molar-refractivity contribution is 5.49. The number of H-pyrrole nitrogens is 1. The van der Waals surface area contributed by atoms with Crippen LogP contribution in [-0.2, 0) is 0 Å². The molecule has 0 atom stereocenters. The van der Waals surface area contributed by atoms with Crippen LogP contribution in [0, 0.1) is 13.8 Å². The Balaban J connectivity index is 2.55. The van der Waals surface area contributed by atoms with Gasteiger partial charge in [0.1, 0.15) is 5.69 Å². The lowest BCUT2D eigenvalue weighted by molar-refractivity contribution is 0.814. The van der Waals surface area contributed by atoms with Crippen LogP contribution in [0.25, 0.3) is 11.5 Å². The van der Waals surface area contributed by atoms with Crippen LogP contribution in [0.5, 0.6) is 0 Å². The number of hydrogen-bond donors (Lipinski definition) is 1. The maximum Gasteiger partial charge on any atom is 0.254 e. The number of hydrogen-bond acceptors (Lipinski definition) is 3. The SMILES string of the molecule is Cc1ccc(-c2nc(C)c(C(C)C)c(=O)[nH]2)nc1. The number of aryl methyl sites for hydroxylation is 2. The van der Waals surface area contributed by atoms with Crippen molar-refractivity contribution in [2.75, 3.05) is 0 Å². The minimum absolute atomic E-state index is 0.0742. The Morgan fingerprint density at radius 1 is 1.22 bits per heavy atom. The molecule has 0 saturated heterocycles. The van der Waals surface area contributed by atoms with Gasteiger partial charge in [-0.2, -0.15) is 0 Å². The second-order valence-corrected chi connectivity index (χ2v) is 4.79. The molecule has 0 bridgehead atoms. The third-order valence-corrected chi connectivity index (χ3v) is 2.88. The summed E-state index contributed by atoms with van der Waals surface area (Å²) in [5.74, 6) is 0.697. The molecule has 0 spiro atoms. The van der Waals surface area contributed by atoms with E-state index in [1.54, 1.807) is 6.20 Å². The summed E-state index contributed by atoms with van der Waals surface area (Å²) in [6, 6.07) is 3.82. The lowest BCUT2D eigenvalue weighted by atomic mass is 10.0. The maximum atomic E-state index is 12.0. The van der Waals surface area contributed by atoms with E-state index in [4.69, 9.17) is 0 Å². The van der Waals surface area contributed by atoms with Crippen LogP contribution in [0.15, 0.2) is 23.1 Å². The van der Waals surface area contributed by atoms with Crippen molar-refractivity contribution in [1.82, 2.24) is 15.0 Å². The quantitative estimate of drug-likeness (QED) is 0.881. The highest BCUT2D eigenvalue weighted by atomic mass is 16.1. The second-order valence-electron chi connectivity index (χ2n) is 4.79. The van der Waals surface area contributed by atoms with Crippen LogP contribution in [0.1, 0.15) is 36.6 Å². The minimum Gasteiger partial charge on any atom is -0.305 e. The molecule has 2 aromatic rings. The number of aromatic amines is 1. The van der Waals surface area contributed by atoms with Gasteiger partial charge in [0.05, 0.1) is 0 Å². The number of rotatable bonds is 2. The van der Waals surface area contributed by atoms with E-state index in [-0.39, 0.29) is 11.5 Å². The fourth-order valence-electron chi connectivity index (χ4n) is 2.00. The molecule has 0 aromatic carbocycles. The average Bonchev–Trinajstić information content (AvgIpc) is 2.28. The van der Waals surface area contributed by atoms with Crippen molar-refractivity contribution >= 4 is 0 Å². The van der Waals surface area contributed by atoms with E-state index < -0.39 is 0 Å². The van der Waals surface area contributed by atoms with E-state index in [0.29, 0.717) is 11.5 Å². The highest BCUT2D eigenvalue weighted by Gasteiger charge is 2.12. The molecule has 94 valence electrons. The number of nitrogens with zero attached hydrogens (tertiary/aromatic N) is 2. The summed E-state index contributed by atoms with van der Waals surface area (Å²) in [6.07, 6.45) is 1.76. The van der Waals surface area contributed by atoms with Crippen molar-refractivity contribution in [1.29, 1.82) is 0 Å². The van der Waals surface area contributed by atoms with Gasteiger partial charge in [-0.05, 0) is 31.4 Å². The van der Waals surface area contributed by atoms with Crippen LogP contribution in [-0.4, -0.2) is 15.0 Å². The molecule has 0 amide bonds. The molecule has 1 N–H and O–H groups in total. The molecule has 2 rings (SSSR count). The molecule has 0 unspecified atom stereocenters. The largest absolute Gasteiger partial charge is 0.305 e. The third kappa shape index (κ3) is 2.32. The Hall–Kier alpha value is -1.97. The van der Waals surface area contributed by atoms with Gasteiger partial charge in [0.2, 0.25) is 0 Å². The van der Waals surface area contributed by atoms with Crippen LogP contribution < -0.4 is 5.56 Å². The van der Waals surface area contributed by atoms with E-state index in [9.17, 15) is 4.79 Å². The third-order valence-electron chi connectivity index (χ3n) is 2.88. The van der Waals surface area contributed by atoms with Crippen LogP contribution in [0.3, 0.4) is 0 Å². The van der Waals surface area contributed by atoms with Gasteiger partial charge < -0.3 is 4.98 Å². The van der Waals surface area contributed by atoms with E-state index in [1.165, 1.54) is 0 Å². The molecule has 0 saturated carbocycles. The molecule has 0 radical (unpaired) electrons. The summed E-state index contributed by atoms with van der Waals surface area (Å²) >= 11 is 0. The normalized spacial score (nSPS) is 10.9. The van der Waals surface area contributed by atoms with Crippen LogP contribution in [0.2, 0.25) is 0 Å². The fraction of sp³-hybridized carbons (Fsp3) is 0.357. The van der Waals surface area contributed by atoms with E-state index in [2.05, 4.69) is 15.0 Å². The van der Waals surface area contributed by atoms with Crippen molar-refractivity contribution in [2.24, 2.45) is 0 Å². The summed E-state index contributed by atoms with van der Waals surface area (Å²) in [7, 11) is 0. The van der Waals surface area contributed by atoms with Gasteiger partial charge in [-0.1, -0.05) is 19.9 Å². The van der Waals surface area contributed by atoms with Crippen molar-refractivity contribution in [3.05, 3.63) is 45.5 Å². The van der Waals surface area contributed by atoms with Crippen molar-refractivity contribution in [3.8, 4) is 11.5 Å². The Bertz CT molecular complexity index is 612. The molecule has 0 aliphatic rings. The molecular formula is C14H17N3O. The molecular weight excluding hydrogens is 226 g/mol. The average molecular weight is 243 g/mol. The minimum atomic E-state index is -0.0742. The predicted molar refractivity (Wildman–Crippen MR) is 71.7 cm³/mol. The van der Waals surface area contributed by atoms with Gasteiger partial charge in [-0.25, -0.2) is 4.98 Å². The number of aromatic nitrogens is 3. The molecule has 4 nitrogen and oxygen atoms in total. The van der Waals surface area contributed by atoms with Crippen LogP contribution in [0.4, 0.5) is 0 Å². The lowest BCUT2D eigenvalue weighted by Crippen LogP contribution is -2.18. The molecule has 2 heterocycles. The Morgan fingerprint density at radius 3 is 2.44 bits per heavy atom. The molecule has 2 aromatic heterocycles. The monoisotopic (exact) mass is 243 g/mol. The summed E-state index contributed by atoms with van der Waals surface area (Å²) in [5, 5.41) is 0. The molecule has 0 fully saturated rings. The molecule has 0 aliphatic heterocycles. The Morgan fingerprint density at radius 2 is 1.94 bits per heavy atom. The number of nitrogens with one attached hydrogen (secondary N) is 1. The van der Waals surface area contributed by atoms with Crippen molar-refractivity contribution in [3.63, 3.8) is 0 Å². The fourth-order valence-corrected chi connectivity index (χ4v) is 2.00. The molecule has 4 heteroatoms. The predicted octanol–water partition coefficient (Wildman–Crippen LogP) is 2.57. The van der Waals surface area contributed by atoms with Gasteiger partial charge in [-0.15, -0.1) is 0 Å². The summed E-state index contributed by atoms with van der Waals surface area (Å²) in [5.41, 5.74) is 3.21. The summed E-state index contributed by atoms with van der Waals surface area (Å²) in [6.45, 7) is 7.81. The molecule has 0 aliphatic carbocycles. The zero-order valence-electron chi connectivity index (χ0n) is 11.1. The maximum absolute atomic E-state index is 12.0. The van der Waals surface area contributed by atoms with Gasteiger partial charge in [0.25, 0.3) is 5.56 Å². The molecule has 18 heavy (non-hydrogen) atoms.